The summed E-state index contributed by atoms with van der Waals surface area (Å²) in [7, 11) is 2.90. The molecule has 0 saturated heterocycles. The van der Waals surface area contributed by atoms with Crippen LogP contribution in [0.4, 0.5) is 0 Å². The maximum absolute atomic E-state index is 12.0. The van der Waals surface area contributed by atoms with Crippen LogP contribution in [0, 0.1) is 0 Å². The van der Waals surface area contributed by atoms with Gasteiger partial charge in [0.05, 0.1) is 13.5 Å². The molecule has 1 aromatic heterocycles. The summed E-state index contributed by atoms with van der Waals surface area (Å²) in [5.41, 5.74) is 1.93. The van der Waals surface area contributed by atoms with Crippen LogP contribution in [0.2, 0.25) is 0 Å². The Morgan fingerprint density at radius 1 is 1.32 bits per heavy atom. The van der Waals surface area contributed by atoms with E-state index in [2.05, 4.69) is 9.72 Å². The second kappa shape index (κ2) is 5.56. The molecule has 0 aliphatic heterocycles. The number of fused-ring (bicyclic) bond motifs is 1. The standard InChI is InChI=1S/C14H16N2O3/c1-16(9-14(18)19-2)13(17)7-10-8-15-12-6-4-3-5-11(10)12/h3-6,8,15H,7,9H2,1-2H3. The van der Waals surface area contributed by atoms with E-state index in [4.69, 9.17) is 0 Å². The zero-order valence-corrected chi connectivity index (χ0v) is 11.0. The van der Waals surface area contributed by atoms with E-state index in [1.165, 1.54) is 12.0 Å². The number of methoxy groups -OCH3 is 1. The van der Waals surface area contributed by atoms with E-state index in [-0.39, 0.29) is 18.9 Å². The highest BCUT2D eigenvalue weighted by atomic mass is 16.5. The first kappa shape index (κ1) is 13.1. The number of nitrogens with zero attached hydrogens (tertiary/aromatic N) is 1. The van der Waals surface area contributed by atoms with E-state index >= 15 is 0 Å². The third-order valence-corrected chi connectivity index (χ3v) is 3.04. The molecule has 0 aliphatic rings. The first-order chi connectivity index (χ1) is 9.11. The Labute approximate surface area is 111 Å². The van der Waals surface area contributed by atoms with Gasteiger partial charge in [0.15, 0.2) is 0 Å². The van der Waals surface area contributed by atoms with Crippen LogP contribution in [0.5, 0.6) is 0 Å². The average Bonchev–Trinajstić information content (AvgIpc) is 2.82. The van der Waals surface area contributed by atoms with Crippen molar-refractivity contribution < 1.29 is 14.3 Å². The maximum atomic E-state index is 12.0. The topological polar surface area (TPSA) is 62.4 Å². The molecular formula is C14H16N2O3. The summed E-state index contributed by atoms with van der Waals surface area (Å²) in [5.74, 6) is -0.537. The van der Waals surface area contributed by atoms with E-state index in [0.29, 0.717) is 0 Å². The lowest BCUT2D eigenvalue weighted by molar-refractivity contribution is -0.145. The SMILES string of the molecule is COC(=O)CN(C)C(=O)Cc1c[nH]c2ccccc12. The zero-order valence-electron chi connectivity index (χ0n) is 11.0. The summed E-state index contributed by atoms with van der Waals surface area (Å²) in [6.07, 6.45) is 2.09. The molecular weight excluding hydrogens is 244 g/mol. The molecule has 0 spiro atoms. The van der Waals surface area contributed by atoms with E-state index in [1.807, 2.05) is 30.5 Å². The number of ether oxygens (including phenoxy) is 1. The maximum Gasteiger partial charge on any atom is 0.325 e. The Hall–Kier alpha value is -2.30. The fraction of sp³-hybridized carbons (Fsp3) is 0.286. The van der Waals surface area contributed by atoms with Crippen molar-refractivity contribution in [2.75, 3.05) is 20.7 Å². The smallest absolute Gasteiger partial charge is 0.325 e. The molecule has 100 valence electrons. The van der Waals surface area contributed by atoms with Gasteiger partial charge in [-0.05, 0) is 11.6 Å². The van der Waals surface area contributed by atoms with Gasteiger partial charge >= 0.3 is 5.97 Å². The summed E-state index contributed by atoms with van der Waals surface area (Å²) in [5, 5.41) is 1.03. The number of esters is 1. The van der Waals surface area contributed by atoms with Crippen molar-refractivity contribution in [3.8, 4) is 0 Å². The van der Waals surface area contributed by atoms with Crippen molar-refractivity contribution in [3.63, 3.8) is 0 Å². The van der Waals surface area contributed by atoms with Crippen LogP contribution in [0.1, 0.15) is 5.56 Å². The van der Waals surface area contributed by atoms with Crippen molar-refractivity contribution in [2.24, 2.45) is 0 Å². The number of aromatic amines is 1. The Balaban J connectivity index is 2.08. The molecule has 0 radical (unpaired) electrons. The van der Waals surface area contributed by atoms with Crippen LogP contribution in [0.3, 0.4) is 0 Å². The fourth-order valence-corrected chi connectivity index (χ4v) is 1.92. The zero-order chi connectivity index (χ0) is 13.8. The first-order valence-corrected chi connectivity index (χ1v) is 5.97. The Morgan fingerprint density at radius 3 is 2.79 bits per heavy atom. The van der Waals surface area contributed by atoms with E-state index < -0.39 is 5.97 Å². The first-order valence-electron chi connectivity index (χ1n) is 5.97. The minimum Gasteiger partial charge on any atom is -0.468 e. The number of H-pyrrole nitrogens is 1. The molecule has 1 heterocycles. The number of hydrogen-bond acceptors (Lipinski definition) is 3. The average molecular weight is 260 g/mol. The van der Waals surface area contributed by atoms with Crippen LogP contribution in [-0.2, 0) is 20.7 Å². The van der Waals surface area contributed by atoms with Crippen molar-refractivity contribution in [2.45, 2.75) is 6.42 Å². The van der Waals surface area contributed by atoms with E-state index in [1.54, 1.807) is 7.05 Å². The summed E-state index contributed by atoms with van der Waals surface area (Å²) >= 11 is 0. The number of para-hydroxylation sites is 1. The number of hydrogen-bond donors (Lipinski definition) is 1. The monoisotopic (exact) mass is 260 g/mol. The molecule has 0 aliphatic carbocycles. The van der Waals surface area contributed by atoms with Gasteiger partial charge in [-0.25, -0.2) is 0 Å². The highest BCUT2D eigenvalue weighted by Crippen LogP contribution is 2.18. The second-order valence-corrected chi connectivity index (χ2v) is 4.36. The number of carbonyl (C=O) groups excluding carboxylic acids is 2. The molecule has 5 heteroatoms. The van der Waals surface area contributed by atoms with Gasteiger partial charge in [0.25, 0.3) is 0 Å². The quantitative estimate of drug-likeness (QED) is 0.844. The molecule has 5 nitrogen and oxygen atoms in total. The minimum atomic E-state index is -0.422. The number of aromatic nitrogens is 1. The third-order valence-electron chi connectivity index (χ3n) is 3.04. The predicted octanol–water partition coefficient (Wildman–Crippen LogP) is 1.34. The minimum absolute atomic E-state index is 0.0301. The highest BCUT2D eigenvalue weighted by molar-refractivity contribution is 5.89. The van der Waals surface area contributed by atoms with Gasteiger partial charge in [-0.15, -0.1) is 0 Å². The van der Waals surface area contributed by atoms with Crippen molar-refractivity contribution in [1.29, 1.82) is 0 Å². The van der Waals surface area contributed by atoms with Crippen molar-refractivity contribution in [3.05, 3.63) is 36.0 Å². The lowest BCUT2D eigenvalue weighted by Gasteiger charge is -2.15. The Kier molecular flexibility index (Phi) is 3.85. The molecule has 0 atom stereocenters. The normalized spacial score (nSPS) is 10.4. The van der Waals surface area contributed by atoms with Crippen LogP contribution in [0.25, 0.3) is 10.9 Å². The van der Waals surface area contributed by atoms with Gasteiger partial charge < -0.3 is 14.6 Å². The molecule has 1 aromatic carbocycles. The number of carbonyl (C=O) groups is 2. The Bertz CT molecular complexity index is 604. The molecule has 1 amide bonds. The summed E-state index contributed by atoms with van der Waals surface area (Å²) < 4.78 is 4.54. The van der Waals surface area contributed by atoms with Gasteiger partial charge in [0.1, 0.15) is 6.54 Å². The summed E-state index contributed by atoms with van der Waals surface area (Å²) in [6.45, 7) is -0.0301. The lowest BCUT2D eigenvalue weighted by atomic mass is 10.1. The number of benzene rings is 1. The molecule has 0 fully saturated rings. The third kappa shape index (κ3) is 2.93. The number of nitrogens with one attached hydrogen (secondary N) is 1. The van der Waals surface area contributed by atoms with Gasteiger partial charge in [-0.2, -0.15) is 0 Å². The lowest BCUT2D eigenvalue weighted by Crippen LogP contribution is -2.33. The molecule has 0 saturated carbocycles. The second-order valence-electron chi connectivity index (χ2n) is 4.36. The van der Waals surface area contributed by atoms with Gasteiger partial charge in [-0.1, -0.05) is 18.2 Å². The molecule has 19 heavy (non-hydrogen) atoms. The molecule has 2 rings (SSSR count). The fourth-order valence-electron chi connectivity index (χ4n) is 1.92. The van der Waals surface area contributed by atoms with Crippen molar-refractivity contribution in [1.82, 2.24) is 9.88 Å². The Morgan fingerprint density at radius 2 is 2.05 bits per heavy atom. The van der Waals surface area contributed by atoms with Crippen LogP contribution in [-0.4, -0.2) is 42.5 Å². The van der Waals surface area contributed by atoms with Crippen molar-refractivity contribution >= 4 is 22.8 Å². The summed E-state index contributed by atoms with van der Waals surface area (Å²) in [6, 6.07) is 7.80. The molecule has 1 N–H and O–H groups in total. The summed E-state index contributed by atoms with van der Waals surface area (Å²) in [4.78, 5) is 27.6. The van der Waals surface area contributed by atoms with Gasteiger partial charge in [0.2, 0.25) is 5.91 Å². The van der Waals surface area contributed by atoms with Crippen LogP contribution < -0.4 is 0 Å². The molecule has 0 unspecified atom stereocenters. The molecule has 2 aromatic rings. The largest absolute Gasteiger partial charge is 0.468 e. The van der Waals surface area contributed by atoms with Gasteiger partial charge in [-0.3, -0.25) is 9.59 Å². The predicted molar refractivity (Wildman–Crippen MR) is 71.7 cm³/mol. The number of amides is 1. The highest BCUT2D eigenvalue weighted by Gasteiger charge is 2.15. The van der Waals surface area contributed by atoms with Gasteiger partial charge in [0, 0.05) is 24.1 Å². The van der Waals surface area contributed by atoms with Crippen LogP contribution >= 0.6 is 0 Å². The number of rotatable bonds is 4. The number of likely N-dealkylation sites (N-methyl/N-ethyl adjacent to an activating group) is 1. The van der Waals surface area contributed by atoms with E-state index in [0.717, 1.165) is 16.5 Å². The van der Waals surface area contributed by atoms with E-state index in [9.17, 15) is 9.59 Å². The van der Waals surface area contributed by atoms with Crippen LogP contribution in [0.15, 0.2) is 30.5 Å². The molecule has 0 bridgehead atoms.